The van der Waals surface area contributed by atoms with E-state index in [9.17, 15) is 13.5 Å². The Morgan fingerprint density at radius 1 is 1.31 bits per heavy atom. The fourth-order valence-electron chi connectivity index (χ4n) is 4.64. The lowest BCUT2D eigenvalue weighted by Crippen LogP contribution is -2.38. The number of nitrogens with zero attached hydrogens (tertiary/aromatic N) is 4. The predicted molar refractivity (Wildman–Crippen MR) is 109 cm³/mol. The number of aliphatic hydroxyl groups is 1. The molecule has 29 heavy (non-hydrogen) atoms. The van der Waals surface area contributed by atoms with Crippen molar-refractivity contribution in [3.63, 3.8) is 0 Å². The van der Waals surface area contributed by atoms with Gasteiger partial charge in [-0.3, -0.25) is 0 Å². The van der Waals surface area contributed by atoms with E-state index in [2.05, 4.69) is 15.4 Å². The van der Waals surface area contributed by atoms with Gasteiger partial charge in [0.2, 0.25) is 0 Å². The summed E-state index contributed by atoms with van der Waals surface area (Å²) in [6.45, 7) is -0.138. The van der Waals surface area contributed by atoms with Crippen LogP contribution in [0.25, 0.3) is 16.1 Å². The summed E-state index contributed by atoms with van der Waals surface area (Å²) in [7, 11) is -3.59. The second kappa shape index (κ2) is 6.73. The van der Waals surface area contributed by atoms with Crippen LogP contribution in [0.5, 0.6) is 0 Å². The Morgan fingerprint density at radius 2 is 2.03 bits per heavy atom. The van der Waals surface area contributed by atoms with Crippen LogP contribution in [-0.2, 0) is 16.4 Å². The van der Waals surface area contributed by atoms with Gasteiger partial charge in [0, 0.05) is 30.5 Å². The summed E-state index contributed by atoms with van der Waals surface area (Å²) >= 11 is 1.35. The van der Waals surface area contributed by atoms with Crippen molar-refractivity contribution in [1.82, 2.24) is 24.9 Å². The Hall–Kier alpha value is -2.08. The highest BCUT2D eigenvalue weighted by molar-refractivity contribution is 7.91. The maximum absolute atomic E-state index is 12.6. The molecule has 2 fully saturated rings. The minimum Gasteiger partial charge on any atom is -0.389 e. The molecule has 0 amide bonds. The van der Waals surface area contributed by atoms with Gasteiger partial charge in [-0.1, -0.05) is 0 Å². The van der Waals surface area contributed by atoms with E-state index in [0.717, 1.165) is 36.1 Å². The van der Waals surface area contributed by atoms with Gasteiger partial charge in [-0.25, -0.2) is 18.4 Å². The number of hydrogen-bond acceptors (Lipinski definition) is 9. The summed E-state index contributed by atoms with van der Waals surface area (Å²) in [4.78, 5) is 9.90. The number of rotatable bonds is 4. The van der Waals surface area contributed by atoms with Crippen molar-refractivity contribution in [2.24, 2.45) is 0 Å². The maximum atomic E-state index is 12.6. The molecule has 0 aromatic carbocycles. The Kier molecular flexibility index (Phi) is 4.39. The van der Waals surface area contributed by atoms with Crippen LogP contribution < -0.4 is 11.1 Å². The molecular formula is C18H22N6O3S2. The molecule has 0 spiro atoms. The van der Waals surface area contributed by atoms with Crippen LogP contribution in [0.2, 0.25) is 0 Å². The molecule has 0 saturated carbocycles. The summed E-state index contributed by atoms with van der Waals surface area (Å²) in [5.41, 5.74) is 8.13. The first-order chi connectivity index (χ1) is 13.8. The number of aliphatic hydroxyl groups excluding tert-OH is 1. The first kappa shape index (κ1) is 18.9. The van der Waals surface area contributed by atoms with Gasteiger partial charge < -0.3 is 16.2 Å². The number of sulfone groups is 1. The van der Waals surface area contributed by atoms with E-state index in [1.165, 1.54) is 22.1 Å². The number of nitrogen functional groups attached to an aromatic ring is 1. The molecule has 2 atom stereocenters. The van der Waals surface area contributed by atoms with E-state index < -0.39 is 9.84 Å². The van der Waals surface area contributed by atoms with Crippen LogP contribution in [0.3, 0.4) is 0 Å². The van der Waals surface area contributed by atoms with Crippen molar-refractivity contribution in [2.45, 2.75) is 55.2 Å². The summed E-state index contributed by atoms with van der Waals surface area (Å²) < 4.78 is 26.7. The maximum Gasteiger partial charge on any atom is 0.180 e. The average Bonchev–Trinajstić information content (AvgIpc) is 3.38. The van der Waals surface area contributed by atoms with E-state index in [4.69, 9.17) is 10.7 Å². The van der Waals surface area contributed by atoms with Crippen molar-refractivity contribution in [3.05, 3.63) is 23.1 Å². The number of anilines is 1. The molecule has 0 aliphatic carbocycles. The standard InChI is InChI=1S/C18H22N6O3S2/c1-29(26,27)16-15(9-4-10-2-3-11(5-9)22-10)23-18-12(6-21-24(18)17(16)19)13-7-20-14(8-25)28-13/h6-7,9-11,22,25H,2-5,8,19H2,1H3. The number of piperidine rings is 1. The Bertz CT molecular complexity index is 1190. The van der Waals surface area contributed by atoms with Gasteiger partial charge in [0.15, 0.2) is 15.5 Å². The molecule has 2 aliphatic rings. The lowest BCUT2D eigenvalue weighted by molar-refractivity contribution is 0.281. The SMILES string of the molecule is CS(=O)(=O)c1c(C2CC3CCC(C2)N3)nc2c(-c3cnc(CO)s3)cnn2c1N. The number of aromatic nitrogens is 4. The van der Waals surface area contributed by atoms with Gasteiger partial charge in [0.05, 0.1) is 28.9 Å². The molecule has 5 rings (SSSR count). The van der Waals surface area contributed by atoms with E-state index in [1.54, 1.807) is 12.4 Å². The topological polar surface area (TPSA) is 136 Å². The zero-order valence-electron chi connectivity index (χ0n) is 15.9. The van der Waals surface area contributed by atoms with Crippen molar-refractivity contribution in [2.75, 3.05) is 12.0 Å². The molecule has 4 N–H and O–H groups in total. The molecule has 0 radical (unpaired) electrons. The molecule has 154 valence electrons. The number of hydrogen-bond donors (Lipinski definition) is 3. The van der Waals surface area contributed by atoms with E-state index in [-0.39, 0.29) is 23.2 Å². The lowest BCUT2D eigenvalue weighted by Gasteiger charge is -2.30. The highest BCUT2D eigenvalue weighted by Gasteiger charge is 2.38. The van der Waals surface area contributed by atoms with Crippen LogP contribution in [0.4, 0.5) is 5.82 Å². The highest BCUT2D eigenvalue weighted by atomic mass is 32.2. The van der Waals surface area contributed by atoms with Gasteiger partial charge in [0.1, 0.15) is 15.7 Å². The summed E-state index contributed by atoms with van der Waals surface area (Å²) in [6.07, 6.45) is 8.37. The lowest BCUT2D eigenvalue weighted by atomic mass is 9.89. The summed E-state index contributed by atoms with van der Waals surface area (Å²) in [6, 6.07) is 0.784. The Balaban J connectivity index is 1.72. The Labute approximate surface area is 171 Å². The smallest absolute Gasteiger partial charge is 0.180 e. The van der Waals surface area contributed by atoms with Crippen LogP contribution in [0.15, 0.2) is 17.3 Å². The van der Waals surface area contributed by atoms with Gasteiger partial charge in [-0.15, -0.1) is 11.3 Å². The van der Waals surface area contributed by atoms with Crippen LogP contribution >= 0.6 is 11.3 Å². The summed E-state index contributed by atoms with van der Waals surface area (Å²) in [5, 5.41) is 17.8. The number of thiazole rings is 1. The highest BCUT2D eigenvalue weighted by Crippen LogP contribution is 2.41. The zero-order chi connectivity index (χ0) is 20.3. The van der Waals surface area contributed by atoms with E-state index in [0.29, 0.717) is 28.4 Å². The minimum atomic E-state index is -3.59. The van der Waals surface area contributed by atoms with Crippen molar-refractivity contribution in [1.29, 1.82) is 0 Å². The second-order valence-electron chi connectivity index (χ2n) is 7.86. The Morgan fingerprint density at radius 3 is 2.66 bits per heavy atom. The minimum absolute atomic E-state index is 0.0305. The molecule has 2 bridgehead atoms. The molecule has 3 aromatic heterocycles. The van der Waals surface area contributed by atoms with Crippen molar-refractivity contribution >= 4 is 32.6 Å². The molecular weight excluding hydrogens is 412 g/mol. The second-order valence-corrected chi connectivity index (χ2v) is 10.9. The normalized spacial score (nSPS) is 24.4. The first-order valence-electron chi connectivity index (χ1n) is 9.54. The van der Waals surface area contributed by atoms with Crippen molar-refractivity contribution in [3.8, 4) is 10.4 Å². The monoisotopic (exact) mass is 434 g/mol. The van der Waals surface area contributed by atoms with Gasteiger partial charge in [-0.05, 0) is 25.7 Å². The first-order valence-corrected chi connectivity index (χ1v) is 12.2. The van der Waals surface area contributed by atoms with Crippen LogP contribution in [0.1, 0.15) is 42.3 Å². The van der Waals surface area contributed by atoms with Gasteiger partial charge in [0.25, 0.3) is 0 Å². The zero-order valence-corrected chi connectivity index (χ0v) is 17.5. The molecule has 2 unspecified atom stereocenters. The molecule has 3 aromatic rings. The number of nitrogens with one attached hydrogen (secondary N) is 1. The molecule has 11 heteroatoms. The molecule has 9 nitrogen and oxygen atoms in total. The molecule has 5 heterocycles. The van der Waals surface area contributed by atoms with Crippen LogP contribution in [0, 0.1) is 0 Å². The largest absolute Gasteiger partial charge is 0.389 e. The quantitative estimate of drug-likeness (QED) is 0.560. The fourth-order valence-corrected chi connectivity index (χ4v) is 6.48. The predicted octanol–water partition coefficient (Wildman–Crippen LogP) is 1.33. The van der Waals surface area contributed by atoms with Crippen LogP contribution in [-0.4, -0.2) is 51.4 Å². The fraction of sp³-hybridized carbons (Fsp3) is 0.500. The third-order valence-corrected chi connectivity index (χ3v) is 8.02. The van der Waals surface area contributed by atoms with E-state index >= 15 is 0 Å². The molecule has 2 saturated heterocycles. The van der Waals surface area contributed by atoms with E-state index in [1.807, 2.05) is 0 Å². The average molecular weight is 435 g/mol. The van der Waals surface area contributed by atoms with Gasteiger partial charge >= 0.3 is 0 Å². The van der Waals surface area contributed by atoms with Crippen molar-refractivity contribution < 1.29 is 13.5 Å². The summed E-state index contributed by atoms with van der Waals surface area (Å²) in [5.74, 6) is 0.125. The third-order valence-electron chi connectivity index (χ3n) is 5.85. The number of fused-ring (bicyclic) bond motifs is 3. The van der Waals surface area contributed by atoms with Gasteiger partial charge in [-0.2, -0.15) is 9.61 Å². The molecule has 2 aliphatic heterocycles. The third kappa shape index (κ3) is 3.12. The number of nitrogens with two attached hydrogens (primary N) is 1.